The summed E-state index contributed by atoms with van der Waals surface area (Å²) in [6, 6.07) is 0. The number of hydrogen-bond acceptors (Lipinski definition) is 4. The molecule has 1 heterocycles. The first kappa shape index (κ1) is 9.09. The van der Waals surface area contributed by atoms with Gasteiger partial charge in [0.15, 0.2) is 0 Å². The van der Waals surface area contributed by atoms with Crippen LogP contribution in [-0.2, 0) is 4.74 Å². The zero-order chi connectivity index (χ0) is 9.14. The first-order chi connectivity index (χ1) is 5.65. The Morgan fingerprint density at radius 3 is 2.83 bits per heavy atom. The average molecular weight is 171 g/mol. The monoisotopic (exact) mass is 171 g/mol. The second-order valence-electron chi connectivity index (χ2n) is 2.50. The smallest absolute Gasteiger partial charge is 0.453 e. The van der Waals surface area contributed by atoms with Crippen LogP contribution < -0.4 is 0 Å². The summed E-state index contributed by atoms with van der Waals surface area (Å²) in [6.45, 7) is 0.601. The van der Waals surface area contributed by atoms with Crippen LogP contribution in [0.5, 0.6) is 0 Å². The van der Waals surface area contributed by atoms with E-state index >= 15 is 0 Å². The summed E-state index contributed by atoms with van der Waals surface area (Å²) in [5.74, 6) is 0. The van der Waals surface area contributed by atoms with Crippen LogP contribution in [-0.4, -0.2) is 48.4 Å². The van der Waals surface area contributed by atoms with E-state index in [2.05, 4.69) is 4.74 Å². The number of amides is 1. The summed E-state index contributed by atoms with van der Waals surface area (Å²) in [5.41, 5.74) is 0.431. The van der Waals surface area contributed by atoms with E-state index in [1.165, 1.54) is 12.0 Å². The van der Waals surface area contributed by atoms with Crippen LogP contribution in [0.4, 0.5) is 4.79 Å². The summed E-state index contributed by atoms with van der Waals surface area (Å²) >= 11 is 0. The molecule has 1 rings (SSSR count). The van der Waals surface area contributed by atoms with Crippen molar-refractivity contribution in [1.82, 2.24) is 4.90 Å². The summed E-state index contributed by atoms with van der Waals surface area (Å²) in [5, 5.41) is 17.5. The van der Waals surface area contributed by atoms with Gasteiger partial charge in [0.2, 0.25) is 0 Å². The standard InChI is InChI=1S/C6H10BNO4/c1-12-6(9)8-3-2-5(4-8)7(10)11/h2,10-11H,3-4H2,1H3. The SMILES string of the molecule is COC(=O)N1CC=C(B(O)O)C1. The third-order valence-corrected chi connectivity index (χ3v) is 1.71. The number of carbonyl (C=O) groups is 1. The minimum absolute atomic E-state index is 0.227. The van der Waals surface area contributed by atoms with Gasteiger partial charge in [-0.25, -0.2) is 4.79 Å². The molecule has 66 valence electrons. The van der Waals surface area contributed by atoms with Crippen molar-refractivity contribution in [2.24, 2.45) is 0 Å². The van der Waals surface area contributed by atoms with Crippen LogP contribution in [0, 0.1) is 0 Å². The maximum absolute atomic E-state index is 10.9. The Morgan fingerprint density at radius 2 is 2.42 bits per heavy atom. The molecule has 0 saturated carbocycles. The number of methoxy groups -OCH3 is 1. The minimum Gasteiger partial charge on any atom is -0.453 e. The summed E-state index contributed by atoms with van der Waals surface area (Å²) in [7, 11) is -0.185. The molecule has 1 aliphatic rings. The lowest BCUT2D eigenvalue weighted by Gasteiger charge is -2.13. The zero-order valence-corrected chi connectivity index (χ0v) is 6.73. The molecule has 0 aliphatic carbocycles. The molecule has 0 radical (unpaired) electrons. The van der Waals surface area contributed by atoms with Gasteiger partial charge in [-0.1, -0.05) is 6.08 Å². The molecule has 1 aliphatic heterocycles. The third-order valence-electron chi connectivity index (χ3n) is 1.71. The van der Waals surface area contributed by atoms with Gasteiger partial charge in [0.05, 0.1) is 7.11 Å². The highest BCUT2D eigenvalue weighted by Gasteiger charge is 2.26. The topological polar surface area (TPSA) is 70.0 Å². The molecule has 0 aromatic heterocycles. The fourth-order valence-electron chi connectivity index (χ4n) is 1.03. The van der Waals surface area contributed by atoms with Crippen molar-refractivity contribution < 1.29 is 19.6 Å². The van der Waals surface area contributed by atoms with Crippen molar-refractivity contribution >= 4 is 13.2 Å². The van der Waals surface area contributed by atoms with Crippen molar-refractivity contribution in [3.63, 3.8) is 0 Å². The lowest BCUT2D eigenvalue weighted by Crippen LogP contribution is -2.30. The van der Waals surface area contributed by atoms with Crippen LogP contribution in [0.2, 0.25) is 0 Å². The third kappa shape index (κ3) is 1.78. The number of hydrogen-bond donors (Lipinski definition) is 2. The van der Waals surface area contributed by atoms with Gasteiger partial charge in [-0.15, -0.1) is 0 Å². The fourth-order valence-corrected chi connectivity index (χ4v) is 1.03. The van der Waals surface area contributed by atoms with Gasteiger partial charge < -0.3 is 19.7 Å². The van der Waals surface area contributed by atoms with Crippen molar-refractivity contribution in [2.75, 3.05) is 20.2 Å². The minimum atomic E-state index is -1.47. The molecule has 6 heteroatoms. The van der Waals surface area contributed by atoms with Crippen molar-refractivity contribution in [3.05, 3.63) is 11.5 Å². The second-order valence-corrected chi connectivity index (χ2v) is 2.50. The normalized spacial score (nSPS) is 15.9. The number of ether oxygens (including phenoxy) is 1. The highest BCUT2D eigenvalue weighted by molar-refractivity contribution is 6.51. The van der Waals surface area contributed by atoms with Crippen LogP contribution in [0.1, 0.15) is 0 Å². The van der Waals surface area contributed by atoms with Gasteiger partial charge >= 0.3 is 13.2 Å². The van der Waals surface area contributed by atoms with Crippen LogP contribution in [0.3, 0.4) is 0 Å². The summed E-state index contributed by atoms with van der Waals surface area (Å²) < 4.78 is 4.45. The predicted octanol–water partition coefficient (Wildman–Crippen LogP) is -0.993. The number of rotatable bonds is 1. The fraction of sp³-hybridized carbons (Fsp3) is 0.500. The van der Waals surface area contributed by atoms with Crippen molar-refractivity contribution in [3.8, 4) is 0 Å². The Labute approximate surface area is 70.4 Å². The Balaban J connectivity index is 2.47. The van der Waals surface area contributed by atoms with E-state index in [9.17, 15) is 4.79 Å². The highest BCUT2D eigenvalue weighted by Crippen LogP contribution is 2.10. The Morgan fingerprint density at radius 1 is 1.75 bits per heavy atom. The Hall–Kier alpha value is -1.01. The second kappa shape index (κ2) is 3.60. The van der Waals surface area contributed by atoms with Crippen molar-refractivity contribution in [1.29, 1.82) is 0 Å². The van der Waals surface area contributed by atoms with Crippen LogP contribution >= 0.6 is 0 Å². The molecule has 0 fully saturated rings. The molecule has 0 bridgehead atoms. The number of nitrogens with zero attached hydrogens (tertiary/aromatic N) is 1. The molecular weight excluding hydrogens is 161 g/mol. The predicted molar refractivity (Wildman–Crippen MR) is 42.3 cm³/mol. The molecule has 2 N–H and O–H groups in total. The van der Waals surface area contributed by atoms with Crippen LogP contribution in [0.15, 0.2) is 11.5 Å². The van der Waals surface area contributed by atoms with E-state index in [0.717, 1.165) is 0 Å². The summed E-state index contributed by atoms with van der Waals surface area (Å²) in [4.78, 5) is 12.3. The Kier molecular flexibility index (Phi) is 2.72. The Bertz CT molecular complexity index is 216. The molecule has 0 aromatic rings. The van der Waals surface area contributed by atoms with Gasteiger partial charge in [-0.3, -0.25) is 0 Å². The van der Waals surface area contributed by atoms with Gasteiger partial charge in [0.1, 0.15) is 0 Å². The van der Waals surface area contributed by atoms with E-state index in [1.54, 1.807) is 6.08 Å². The molecular formula is C6H10BNO4. The van der Waals surface area contributed by atoms with E-state index in [4.69, 9.17) is 10.0 Å². The van der Waals surface area contributed by atoms with Gasteiger partial charge in [0.25, 0.3) is 0 Å². The summed E-state index contributed by atoms with van der Waals surface area (Å²) in [6.07, 6.45) is 1.14. The van der Waals surface area contributed by atoms with E-state index in [1.807, 2.05) is 0 Å². The van der Waals surface area contributed by atoms with Crippen molar-refractivity contribution in [2.45, 2.75) is 0 Å². The molecule has 0 unspecified atom stereocenters. The average Bonchev–Trinajstić information content (AvgIpc) is 2.51. The first-order valence-electron chi connectivity index (χ1n) is 3.53. The lowest BCUT2D eigenvalue weighted by molar-refractivity contribution is 0.134. The largest absolute Gasteiger partial charge is 0.485 e. The molecule has 0 spiro atoms. The maximum atomic E-state index is 10.9. The van der Waals surface area contributed by atoms with Gasteiger partial charge in [0, 0.05) is 13.1 Å². The molecule has 12 heavy (non-hydrogen) atoms. The van der Waals surface area contributed by atoms with Gasteiger partial charge in [-0.2, -0.15) is 0 Å². The van der Waals surface area contributed by atoms with E-state index < -0.39 is 13.2 Å². The first-order valence-corrected chi connectivity index (χ1v) is 3.53. The highest BCUT2D eigenvalue weighted by atomic mass is 16.5. The molecule has 5 nitrogen and oxygen atoms in total. The van der Waals surface area contributed by atoms with Crippen LogP contribution in [0.25, 0.3) is 0 Å². The molecule has 0 atom stereocenters. The molecule has 1 amide bonds. The maximum Gasteiger partial charge on any atom is 0.485 e. The van der Waals surface area contributed by atoms with Gasteiger partial charge in [-0.05, 0) is 5.47 Å². The molecule has 0 saturated heterocycles. The zero-order valence-electron chi connectivity index (χ0n) is 6.73. The van der Waals surface area contributed by atoms with E-state index in [-0.39, 0.29) is 6.54 Å². The lowest BCUT2D eigenvalue weighted by atomic mass is 9.80. The quantitative estimate of drug-likeness (QED) is 0.496. The van der Waals surface area contributed by atoms with E-state index in [0.29, 0.717) is 12.0 Å². The molecule has 0 aromatic carbocycles. The number of carbonyl (C=O) groups excluding carboxylic acids is 1.